The fourth-order valence-electron chi connectivity index (χ4n) is 2.59. The number of nitrogens with one attached hydrogen (secondary N) is 2. The third-order valence-corrected chi connectivity index (χ3v) is 3.72. The average molecular weight is 347 g/mol. The van der Waals surface area contributed by atoms with Crippen LogP contribution in [-0.2, 0) is 0 Å². The number of para-hydroxylation sites is 2. The summed E-state index contributed by atoms with van der Waals surface area (Å²) in [5, 5.41) is 15.6. The minimum Gasteiger partial charge on any atom is -0.344 e. The Kier molecular flexibility index (Phi) is 3.63. The number of nitriles is 1. The van der Waals surface area contributed by atoms with Gasteiger partial charge < -0.3 is 10.3 Å². The van der Waals surface area contributed by atoms with E-state index >= 15 is 0 Å². The number of halogens is 1. The van der Waals surface area contributed by atoms with Crippen molar-refractivity contribution in [2.24, 2.45) is 0 Å². The van der Waals surface area contributed by atoms with Crippen molar-refractivity contribution in [1.29, 1.82) is 5.26 Å². The van der Waals surface area contributed by atoms with Crippen LogP contribution in [0.3, 0.4) is 0 Å². The van der Waals surface area contributed by atoms with Gasteiger partial charge in [-0.3, -0.25) is 4.79 Å². The highest BCUT2D eigenvalue weighted by molar-refractivity contribution is 6.12. The number of aromatic nitrogens is 5. The third kappa shape index (κ3) is 2.65. The van der Waals surface area contributed by atoms with Gasteiger partial charge in [0.25, 0.3) is 11.7 Å². The Morgan fingerprint density at radius 2 is 2.12 bits per heavy atom. The minimum absolute atomic E-state index is 0.00879. The van der Waals surface area contributed by atoms with E-state index in [0.717, 1.165) is 6.07 Å². The Balaban J connectivity index is 1.72. The van der Waals surface area contributed by atoms with Gasteiger partial charge in [-0.2, -0.15) is 5.26 Å². The average Bonchev–Trinajstić information content (AvgIpc) is 3.30. The standard InChI is InChI=1S/C17H10FN7O/c18-10-5-11(16-13(6-10)20-8-21-16)17(26)23-12-3-1-2-4-14(12)25-9-22-15(7-19)24-25/h1-6,8-9H,(H,20,21)(H,23,26). The third-order valence-electron chi connectivity index (χ3n) is 3.72. The lowest BCUT2D eigenvalue weighted by molar-refractivity contribution is 0.102. The molecule has 126 valence electrons. The number of imidazole rings is 1. The summed E-state index contributed by atoms with van der Waals surface area (Å²) in [6, 6.07) is 11.1. The molecule has 0 fully saturated rings. The monoisotopic (exact) mass is 347 g/mol. The lowest BCUT2D eigenvalue weighted by Crippen LogP contribution is -2.15. The zero-order valence-corrected chi connectivity index (χ0v) is 13.1. The Morgan fingerprint density at radius 1 is 1.27 bits per heavy atom. The van der Waals surface area contributed by atoms with Gasteiger partial charge in [0, 0.05) is 0 Å². The summed E-state index contributed by atoms with van der Waals surface area (Å²) in [4.78, 5) is 23.4. The SMILES string of the molecule is N#Cc1ncn(-c2ccccc2NC(=O)c2cc(F)cc3[nH]cnc23)n1. The molecule has 0 saturated carbocycles. The molecule has 2 N–H and O–H groups in total. The largest absolute Gasteiger partial charge is 0.344 e. The molecule has 26 heavy (non-hydrogen) atoms. The first-order valence-corrected chi connectivity index (χ1v) is 7.51. The van der Waals surface area contributed by atoms with Gasteiger partial charge in [-0.15, -0.1) is 5.10 Å². The topological polar surface area (TPSA) is 112 Å². The molecule has 0 aliphatic heterocycles. The molecule has 0 aliphatic carbocycles. The number of rotatable bonds is 3. The lowest BCUT2D eigenvalue weighted by atomic mass is 10.1. The van der Waals surface area contributed by atoms with Crippen molar-refractivity contribution in [2.45, 2.75) is 0 Å². The molecule has 9 heteroatoms. The number of H-pyrrole nitrogens is 1. The molecule has 2 aromatic carbocycles. The summed E-state index contributed by atoms with van der Waals surface area (Å²) >= 11 is 0. The summed E-state index contributed by atoms with van der Waals surface area (Å²) in [5.74, 6) is -1.06. The predicted molar refractivity (Wildman–Crippen MR) is 90.1 cm³/mol. The predicted octanol–water partition coefficient (Wildman–Crippen LogP) is 2.41. The normalized spacial score (nSPS) is 10.6. The number of benzene rings is 2. The van der Waals surface area contributed by atoms with E-state index < -0.39 is 11.7 Å². The first-order valence-electron chi connectivity index (χ1n) is 7.51. The number of aromatic amines is 1. The maximum atomic E-state index is 13.8. The van der Waals surface area contributed by atoms with Crippen LogP contribution in [0.1, 0.15) is 16.2 Å². The highest BCUT2D eigenvalue weighted by atomic mass is 19.1. The highest BCUT2D eigenvalue weighted by Gasteiger charge is 2.16. The molecule has 0 aliphatic rings. The summed E-state index contributed by atoms with van der Waals surface area (Å²) in [7, 11) is 0. The molecule has 4 aromatic rings. The molecule has 8 nitrogen and oxygen atoms in total. The lowest BCUT2D eigenvalue weighted by Gasteiger charge is -2.11. The number of anilines is 1. The van der Waals surface area contributed by atoms with Crippen LogP contribution in [-0.4, -0.2) is 30.6 Å². The summed E-state index contributed by atoms with van der Waals surface area (Å²) in [5.41, 5.74) is 1.85. The number of carbonyl (C=O) groups is 1. The number of fused-ring (bicyclic) bond motifs is 1. The smallest absolute Gasteiger partial charge is 0.258 e. The zero-order valence-electron chi connectivity index (χ0n) is 13.1. The fraction of sp³-hybridized carbons (Fsp3) is 0. The van der Waals surface area contributed by atoms with Crippen LogP contribution in [0, 0.1) is 17.1 Å². The molecular formula is C17H10FN7O. The van der Waals surface area contributed by atoms with Crippen LogP contribution < -0.4 is 5.32 Å². The van der Waals surface area contributed by atoms with Crippen LogP contribution >= 0.6 is 0 Å². The fourth-order valence-corrected chi connectivity index (χ4v) is 2.59. The van der Waals surface area contributed by atoms with Gasteiger partial charge in [-0.25, -0.2) is 19.0 Å². The van der Waals surface area contributed by atoms with Gasteiger partial charge in [0.1, 0.15) is 23.7 Å². The number of amides is 1. The van der Waals surface area contributed by atoms with E-state index in [9.17, 15) is 9.18 Å². The van der Waals surface area contributed by atoms with E-state index in [-0.39, 0.29) is 11.4 Å². The maximum absolute atomic E-state index is 13.8. The molecule has 4 rings (SSSR count). The van der Waals surface area contributed by atoms with Crippen molar-refractivity contribution in [1.82, 2.24) is 24.7 Å². The van der Waals surface area contributed by atoms with E-state index in [1.165, 1.54) is 23.4 Å². The van der Waals surface area contributed by atoms with E-state index in [1.54, 1.807) is 24.3 Å². The number of nitrogens with zero attached hydrogens (tertiary/aromatic N) is 5. The molecule has 0 spiro atoms. The Bertz CT molecular complexity index is 1170. The van der Waals surface area contributed by atoms with Gasteiger partial charge in [-0.05, 0) is 24.3 Å². The Hall–Kier alpha value is -4.06. The molecule has 0 atom stereocenters. The van der Waals surface area contributed by atoms with Gasteiger partial charge in [0.15, 0.2) is 0 Å². The van der Waals surface area contributed by atoms with Crippen molar-refractivity contribution >= 4 is 22.6 Å². The molecule has 2 heterocycles. The molecule has 1 amide bonds. The number of carbonyl (C=O) groups excluding carboxylic acids is 1. The Labute approximate surface area is 145 Å². The van der Waals surface area contributed by atoms with Gasteiger partial charge in [-0.1, -0.05) is 12.1 Å². The summed E-state index contributed by atoms with van der Waals surface area (Å²) in [6.45, 7) is 0. The van der Waals surface area contributed by atoms with E-state index in [4.69, 9.17) is 5.26 Å². The first-order chi connectivity index (χ1) is 12.7. The number of hydrogen-bond donors (Lipinski definition) is 2. The van der Waals surface area contributed by atoms with Crippen LogP contribution in [0.25, 0.3) is 16.7 Å². The molecule has 2 aromatic heterocycles. The van der Waals surface area contributed by atoms with E-state index in [0.29, 0.717) is 22.4 Å². The van der Waals surface area contributed by atoms with Crippen molar-refractivity contribution in [3.63, 3.8) is 0 Å². The van der Waals surface area contributed by atoms with Crippen LogP contribution in [0.2, 0.25) is 0 Å². The van der Waals surface area contributed by atoms with Crippen molar-refractivity contribution in [3.05, 3.63) is 66.3 Å². The van der Waals surface area contributed by atoms with Gasteiger partial charge in [0.05, 0.1) is 28.8 Å². The van der Waals surface area contributed by atoms with Crippen molar-refractivity contribution < 1.29 is 9.18 Å². The second-order valence-electron chi connectivity index (χ2n) is 5.35. The molecule has 0 unspecified atom stereocenters. The van der Waals surface area contributed by atoms with E-state index in [1.807, 2.05) is 6.07 Å². The van der Waals surface area contributed by atoms with Gasteiger partial charge >= 0.3 is 0 Å². The van der Waals surface area contributed by atoms with Crippen LogP contribution in [0.4, 0.5) is 10.1 Å². The van der Waals surface area contributed by atoms with Crippen molar-refractivity contribution in [2.75, 3.05) is 5.32 Å². The summed E-state index contributed by atoms with van der Waals surface area (Å²) in [6.07, 6.45) is 2.77. The van der Waals surface area contributed by atoms with Gasteiger partial charge in [0.2, 0.25) is 0 Å². The van der Waals surface area contributed by atoms with Crippen LogP contribution in [0.5, 0.6) is 0 Å². The molecular weight excluding hydrogens is 337 g/mol. The second-order valence-corrected chi connectivity index (χ2v) is 5.35. The first kappa shape index (κ1) is 15.5. The van der Waals surface area contributed by atoms with Crippen molar-refractivity contribution in [3.8, 4) is 11.8 Å². The molecule has 0 bridgehead atoms. The zero-order chi connectivity index (χ0) is 18.1. The molecule has 0 radical (unpaired) electrons. The Morgan fingerprint density at radius 3 is 2.92 bits per heavy atom. The summed E-state index contributed by atoms with van der Waals surface area (Å²) < 4.78 is 15.2. The number of hydrogen-bond acceptors (Lipinski definition) is 5. The van der Waals surface area contributed by atoms with Crippen LogP contribution in [0.15, 0.2) is 49.1 Å². The quantitative estimate of drug-likeness (QED) is 0.591. The van der Waals surface area contributed by atoms with E-state index in [2.05, 4.69) is 25.4 Å². The highest BCUT2D eigenvalue weighted by Crippen LogP contribution is 2.22. The molecule has 0 saturated heterocycles. The second kappa shape index (κ2) is 6.10. The minimum atomic E-state index is -0.546. The maximum Gasteiger partial charge on any atom is 0.258 e.